The molecule has 0 aliphatic heterocycles. The van der Waals surface area contributed by atoms with Crippen molar-refractivity contribution in [2.75, 3.05) is 5.32 Å². The average molecular weight is 264 g/mol. The molecule has 0 bridgehead atoms. The second-order valence-corrected chi connectivity index (χ2v) is 3.97. The van der Waals surface area contributed by atoms with Crippen molar-refractivity contribution in [1.82, 2.24) is 9.55 Å². The van der Waals surface area contributed by atoms with Crippen LogP contribution in [0.5, 0.6) is 0 Å². The molecule has 1 heterocycles. The van der Waals surface area contributed by atoms with E-state index in [1.165, 1.54) is 17.0 Å². The summed E-state index contributed by atoms with van der Waals surface area (Å²) in [5.74, 6) is -0.335. The van der Waals surface area contributed by atoms with Crippen LogP contribution in [0, 0.1) is 0 Å². The summed E-state index contributed by atoms with van der Waals surface area (Å²) in [4.78, 5) is 26.6. The molecule has 92 valence electrons. The van der Waals surface area contributed by atoms with E-state index in [-0.39, 0.29) is 12.5 Å². The van der Waals surface area contributed by atoms with Crippen molar-refractivity contribution in [3.8, 4) is 0 Å². The zero-order valence-electron chi connectivity index (χ0n) is 9.34. The number of halogens is 1. The van der Waals surface area contributed by atoms with Crippen LogP contribution in [0.15, 0.2) is 47.5 Å². The molecule has 0 atom stereocenters. The quantitative estimate of drug-likeness (QED) is 0.913. The SMILES string of the molecule is O=C(Cn1cccnc1=O)Nc1ccccc1Cl. The monoisotopic (exact) mass is 263 g/mol. The number of anilines is 1. The summed E-state index contributed by atoms with van der Waals surface area (Å²) in [6.45, 7) is -0.0993. The third-order valence-electron chi connectivity index (χ3n) is 2.24. The molecular weight excluding hydrogens is 254 g/mol. The molecule has 1 aromatic carbocycles. The molecule has 0 spiro atoms. The Kier molecular flexibility index (Phi) is 3.74. The van der Waals surface area contributed by atoms with E-state index in [4.69, 9.17) is 11.6 Å². The van der Waals surface area contributed by atoms with Crippen molar-refractivity contribution >= 4 is 23.2 Å². The topological polar surface area (TPSA) is 64.0 Å². The van der Waals surface area contributed by atoms with Crippen molar-refractivity contribution < 1.29 is 4.79 Å². The van der Waals surface area contributed by atoms with Crippen molar-refractivity contribution in [2.24, 2.45) is 0 Å². The molecule has 0 aliphatic rings. The number of carbonyl (C=O) groups excluding carboxylic acids is 1. The first-order valence-corrected chi connectivity index (χ1v) is 5.60. The van der Waals surface area contributed by atoms with Gasteiger partial charge in [-0.3, -0.25) is 9.36 Å². The minimum atomic E-state index is -0.466. The van der Waals surface area contributed by atoms with Crippen molar-refractivity contribution in [2.45, 2.75) is 6.54 Å². The van der Waals surface area contributed by atoms with Gasteiger partial charge in [-0.05, 0) is 18.2 Å². The molecule has 1 aromatic heterocycles. The number of amides is 1. The summed E-state index contributed by atoms with van der Waals surface area (Å²) < 4.78 is 1.21. The molecule has 0 saturated heterocycles. The van der Waals surface area contributed by atoms with Gasteiger partial charge in [0.2, 0.25) is 5.91 Å². The number of rotatable bonds is 3. The molecule has 0 saturated carbocycles. The van der Waals surface area contributed by atoms with E-state index >= 15 is 0 Å². The van der Waals surface area contributed by atoms with Crippen LogP contribution < -0.4 is 11.0 Å². The van der Waals surface area contributed by atoms with Crippen LogP contribution in [0.4, 0.5) is 5.69 Å². The Labute approximate surface area is 108 Å². The Morgan fingerprint density at radius 1 is 1.33 bits per heavy atom. The Balaban J connectivity index is 2.09. The van der Waals surface area contributed by atoms with E-state index in [1.54, 1.807) is 30.3 Å². The van der Waals surface area contributed by atoms with Crippen LogP contribution in [0.25, 0.3) is 0 Å². The van der Waals surface area contributed by atoms with Crippen molar-refractivity contribution in [1.29, 1.82) is 0 Å². The van der Waals surface area contributed by atoms with Gasteiger partial charge in [0, 0.05) is 12.4 Å². The van der Waals surface area contributed by atoms with Gasteiger partial charge < -0.3 is 5.32 Å². The number of benzene rings is 1. The maximum Gasteiger partial charge on any atom is 0.347 e. The molecule has 1 N–H and O–H groups in total. The molecule has 0 unspecified atom stereocenters. The molecule has 2 aromatic rings. The number of para-hydroxylation sites is 1. The normalized spacial score (nSPS) is 10.1. The van der Waals surface area contributed by atoms with Gasteiger partial charge in [-0.1, -0.05) is 23.7 Å². The predicted octanol–water partition coefficient (Wildman–Crippen LogP) is 1.54. The Hall–Kier alpha value is -2.14. The Bertz CT molecular complexity index is 624. The fraction of sp³-hybridized carbons (Fsp3) is 0.0833. The van der Waals surface area contributed by atoms with Crippen molar-refractivity contribution in [3.63, 3.8) is 0 Å². The molecule has 5 nitrogen and oxygen atoms in total. The Morgan fingerprint density at radius 2 is 2.11 bits per heavy atom. The Morgan fingerprint density at radius 3 is 2.83 bits per heavy atom. The molecule has 18 heavy (non-hydrogen) atoms. The van der Waals surface area contributed by atoms with Gasteiger partial charge in [0.05, 0.1) is 10.7 Å². The van der Waals surface area contributed by atoms with Gasteiger partial charge in [0.15, 0.2) is 0 Å². The number of hydrogen-bond donors (Lipinski definition) is 1. The highest BCUT2D eigenvalue weighted by Crippen LogP contribution is 2.20. The maximum atomic E-state index is 11.7. The fourth-order valence-corrected chi connectivity index (χ4v) is 1.60. The van der Waals surface area contributed by atoms with E-state index in [0.29, 0.717) is 10.7 Å². The number of carbonyl (C=O) groups is 1. The summed E-state index contributed by atoms with van der Waals surface area (Å²) in [6.07, 6.45) is 2.88. The van der Waals surface area contributed by atoms with Crippen molar-refractivity contribution in [3.05, 3.63) is 58.2 Å². The largest absolute Gasteiger partial charge is 0.347 e. The lowest BCUT2D eigenvalue weighted by atomic mass is 10.3. The molecule has 1 amide bonds. The predicted molar refractivity (Wildman–Crippen MR) is 68.6 cm³/mol. The van der Waals surface area contributed by atoms with Crippen LogP contribution in [0.3, 0.4) is 0 Å². The fourth-order valence-electron chi connectivity index (χ4n) is 1.41. The minimum absolute atomic E-state index is 0.0993. The smallest absolute Gasteiger partial charge is 0.323 e. The van der Waals surface area contributed by atoms with Gasteiger partial charge in [0.1, 0.15) is 6.54 Å². The lowest BCUT2D eigenvalue weighted by Gasteiger charge is -2.07. The van der Waals surface area contributed by atoms with Crippen LogP contribution in [0.2, 0.25) is 5.02 Å². The third-order valence-corrected chi connectivity index (χ3v) is 2.57. The van der Waals surface area contributed by atoms with Crippen LogP contribution >= 0.6 is 11.6 Å². The number of nitrogens with one attached hydrogen (secondary N) is 1. The second kappa shape index (κ2) is 5.46. The average Bonchev–Trinajstić information content (AvgIpc) is 2.35. The van der Waals surface area contributed by atoms with Gasteiger partial charge in [-0.2, -0.15) is 0 Å². The lowest BCUT2D eigenvalue weighted by molar-refractivity contribution is -0.116. The highest BCUT2D eigenvalue weighted by atomic mass is 35.5. The van der Waals surface area contributed by atoms with E-state index in [2.05, 4.69) is 10.3 Å². The van der Waals surface area contributed by atoms with Crippen LogP contribution in [-0.2, 0) is 11.3 Å². The summed E-state index contributed by atoms with van der Waals surface area (Å²) in [5, 5.41) is 3.08. The molecule has 2 rings (SSSR count). The molecular formula is C12H10ClN3O2. The molecule has 0 fully saturated rings. The zero-order valence-corrected chi connectivity index (χ0v) is 10.1. The highest BCUT2D eigenvalue weighted by Gasteiger charge is 2.06. The first kappa shape index (κ1) is 12.3. The summed E-state index contributed by atoms with van der Waals surface area (Å²) in [5.41, 5.74) is 0.0490. The first-order valence-electron chi connectivity index (χ1n) is 5.22. The minimum Gasteiger partial charge on any atom is -0.323 e. The molecule has 0 radical (unpaired) electrons. The van der Waals surface area contributed by atoms with Gasteiger partial charge in [0.25, 0.3) is 0 Å². The van der Waals surface area contributed by atoms with Gasteiger partial charge >= 0.3 is 5.69 Å². The number of hydrogen-bond acceptors (Lipinski definition) is 3. The lowest BCUT2D eigenvalue weighted by Crippen LogP contribution is -2.28. The van der Waals surface area contributed by atoms with E-state index in [0.717, 1.165) is 0 Å². The molecule has 6 heteroatoms. The number of nitrogens with zero attached hydrogens (tertiary/aromatic N) is 2. The first-order chi connectivity index (χ1) is 8.66. The summed E-state index contributed by atoms with van der Waals surface area (Å²) in [7, 11) is 0. The summed E-state index contributed by atoms with van der Waals surface area (Å²) in [6, 6.07) is 8.48. The highest BCUT2D eigenvalue weighted by molar-refractivity contribution is 6.33. The van der Waals surface area contributed by atoms with E-state index in [1.807, 2.05) is 0 Å². The molecule has 0 aliphatic carbocycles. The standard InChI is InChI=1S/C12H10ClN3O2/c13-9-4-1-2-5-10(9)15-11(17)8-16-7-3-6-14-12(16)18/h1-7H,8H2,(H,15,17). The third kappa shape index (κ3) is 2.95. The maximum absolute atomic E-state index is 11.7. The van der Waals surface area contributed by atoms with Crippen LogP contribution in [-0.4, -0.2) is 15.5 Å². The van der Waals surface area contributed by atoms with Gasteiger partial charge in [-0.25, -0.2) is 9.78 Å². The summed E-state index contributed by atoms with van der Waals surface area (Å²) >= 11 is 5.91. The zero-order chi connectivity index (χ0) is 13.0. The number of aromatic nitrogens is 2. The van der Waals surface area contributed by atoms with E-state index < -0.39 is 5.69 Å². The van der Waals surface area contributed by atoms with Crippen LogP contribution in [0.1, 0.15) is 0 Å². The van der Waals surface area contributed by atoms with Gasteiger partial charge in [-0.15, -0.1) is 0 Å². The van der Waals surface area contributed by atoms with E-state index in [9.17, 15) is 9.59 Å². The second-order valence-electron chi connectivity index (χ2n) is 3.56.